The highest BCUT2D eigenvalue weighted by Gasteiger charge is 2.32. The fourth-order valence-corrected chi connectivity index (χ4v) is 3.73. The standard InChI is InChI=1S/C18H28N6O2.2ClH/c1-14(25)24-12-15(4-5-16(19)13-24)17(26)22-8-3-9-23(11-10-22)18-20-6-2-7-21-18;;/h2,6-7,15-16H,3-5,8-13,19H2,1H3;2*1H/t15-,16+;;/m1../s1. The maximum Gasteiger partial charge on any atom is 0.227 e. The topological polar surface area (TPSA) is 95.7 Å². The van der Waals surface area contributed by atoms with E-state index in [2.05, 4.69) is 14.9 Å². The van der Waals surface area contributed by atoms with E-state index in [1.54, 1.807) is 30.3 Å². The molecule has 2 aliphatic rings. The van der Waals surface area contributed by atoms with Gasteiger partial charge < -0.3 is 20.4 Å². The minimum absolute atomic E-state index is 0. The first-order valence-corrected chi connectivity index (χ1v) is 9.36. The van der Waals surface area contributed by atoms with Gasteiger partial charge in [-0.15, -0.1) is 24.8 Å². The van der Waals surface area contributed by atoms with Crippen LogP contribution in [0.3, 0.4) is 0 Å². The predicted octanol–water partition coefficient (Wildman–Crippen LogP) is 0.945. The van der Waals surface area contributed by atoms with Gasteiger partial charge in [0.05, 0.1) is 5.92 Å². The summed E-state index contributed by atoms with van der Waals surface area (Å²) in [6.07, 6.45) is 5.87. The van der Waals surface area contributed by atoms with E-state index in [4.69, 9.17) is 5.73 Å². The van der Waals surface area contributed by atoms with Gasteiger partial charge in [0.25, 0.3) is 0 Å². The molecule has 0 bridgehead atoms. The molecule has 1 aromatic heterocycles. The van der Waals surface area contributed by atoms with Gasteiger partial charge in [-0.05, 0) is 25.3 Å². The minimum Gasteiger partial charge on any atom is -0.341 e. The number of anilines is 1. The lowest BCUT2D eigenvalue weighted by molar-refractivity contribution is -0.137. The van der Waals surface area contributed by atoms with Crippen LogP contribution < -0.4 is 10.6 Å². The molecule has 2 aliphatic heterocycles. The zero-order chi connectivity index (χ0) is 18.5. The third-order valence-corrected chi connectivity index (χ3v) is 5.22. The normalized spacial score (nSPS) is 23.0. The molecule has 0 unspecified atom stereocenters. The second-order valence-corrected chi connectivity index (χ2v) is 7.17. The van der Waals surface area contributed by atoms with Crippen molar-refractivity contribution < 1.29 is 9.59 Å². The number of carbonyl (C=O) groups is 2. The molecule has 10 heteroatoms. The molecule has 3 heterocycles. The molecular formula is C18H30Cl2N6O2. The van der Waals surface area contributed by atoms with Crippen LogP contribution in [0.2, 0.25) is 0 Å². The average molecular weight is 433 g/mol. The number of hydrogen-bond donors (Lipinski definition) is 1. The molecule has 2 saturated heterocycles. The summed E-state index contributed by atoms with van der Waals surface area (Å²) < 4.78 is 0. The first kappa shape index (κ1) is 24.4. The molecule has 8 nitrogen and oxygen atoms in total. The fraction of sp³-hybridized carbons (Fsp3) is 0.667. The number of likely N-dealkylation sites (tertiary alicyclic amines) is 1. The maximum atomic E-state index is 13.1. The SMILES string of the molecule is CC(=O)N1C[C@@H](N)CC[C@@H](C(=O)N2CCCN(c3ncccn3)CC2)C1.Cl.Cl. The number of nitrogens with zero attached hydrogens (tertiary/aromatic N) is 5. The molecular weight excluding hydrogens is 403 g/mol. The highest BCUT2D eigenvalue weighted by Crippen LogP contribution is 2.20. The summed E-state index contributed by atoms with van der Waals surface area (Å²) in [5, 5.41) is 0. The number of halogens is 2. The Hall–Kier alpha value is -1.64. The maximum absolute atomic E-state index is 13.1. The van der Waals surface area contributed by atoms with E-state index in [-0.39, 0.29) is 48.6 Å². The summed E-state index contributed by atoms with van der Waals surface area (Å²) in [5.74, 6) is 0.682. The fourth-order valence-electron chi connectivity index (χ4n) is 3.73. The molecule has 2 atom stereocenters. The number of hydrogen-bond acceptors (Lipinski definition) is 6. The molecule has 0 spiro atoms. The van der Waals surface area contributed by atoms with Gasteiger partial charge in [0, 0.05) is 64.6 Å². The zero-order valence-corrected chi connectivity index (χ0v) is 17.8. The Bertz CT molecular complexity index is 636. The van der Waals surface area contributed by atoms with Crippen LogP contribution in [-0.2, 0) is 9.59 Å². The Kier molecular flexibility index (Phi) is 9.92. The number of carbonyl (C=O) groups excluding carboxylic acids is 2. The van der Waals surface area contributed by atoms with Crippen molar-refractivity contribution in [3.8, 4) is 0 Å². The Morgan fingerprint density at radius 3 is 2.39 bits per heavy atom. The highest BCUT2D eigenvalue weighted by atomic mass is 35.5. The zero-order valence-electron chi connectivity index (χ0n) is 16.2. The Balaban J connectivity index is 0.00000196. The monoisotopic (exact) mass is 432 g/mol. The van der Waals surface area contributed by atoms with Crippen molar-refractivity contribution in [2.45, 2.75) is 32.2 Å². The third kappa shape index (κ3) is 6.18. The molecule has 0 radical (unpaired) electrons. The summed E-state index contributed by atoms with van der Waals surface area (Å²) in [5.41, 5.74) is 6.07. The van der Waals surface area contributed by atoms with E-state index >= 15 is 0 Å². The lowest BCUT2D eigenvalue weighted by atomic mass is 10.0. The summed E-state index contributed by atoms with van der Waals surface area (Å²) in [6.45, 7) is 5.50. The van der Waals surface area contributed by atoms with E-state index in [1.165, 1.54) is 0 Å². The van der Waals surface area contributed by atoms with Crippen LogP contribution in [0.25, 0.3) is 0 Å². The minimum atomic E-state index is -0.160. The number of nitrogens with two attached hydrogens (primary N) is 1. The third-order valence-electron chi connectivity index (χ3n) is 5.22. The Morgan fingerprint density at radius 1 is 1.00 bits per heavy atom. The van der Waals surface area contributed by atoms with E-state index in [0.717, 1.165) is 38.9 Å². The van der Waals surface area contributed by atoms with Gasteiger partial charge in [-0.1, -0.05) is 0 Å². The van der Waals surface area contributed by atoms with Gasteiger partial charge >= 0.3 is 0 Å². The van der Waals surface area contributed by atoms with Crippen LogP contribution in [0.15, 0.2) is 18.5 Å². The van der Waals surface area contributed by atoms with Crippen molar-refractivity contribution in [1.82, 2.24) is 19.8 Å². The molecule has 0 saturated carbocycles. The van der Waals surface area contributed by atoms with Gasteiger partial charge in [0.1, 0.15) is 0 Å². The van der Waals surface area contributed by atoms with E-state index in [1.807, 2.05) is 4.90 Å². The van der Waals surface area contributed by atoms with Crippen molar-refractivity contribution >= 4 is 42.6 Å². The van der Waals surface area contributed by atoms with E-state index in [0.29, 0.717) is 25.6 Å². The highest BCUT2D eigenvalue weighted by molar-refractivity contribution is 5.85. The van der Waals surface area contributed by atoms with Crippen LogP contribution in [0.1, 0.15) is 26.2 Å². The van der Waals surface area contributed by atoms with Gasteiger partial charge in [0.2, 0.25) is 17.8 Å². The first-order valence-electron chi connectivity index (χ1n) is 9.36. The lowest BCUT2D eigenvalue weighted by Crippen LogP contribution is -2.44. The molecule has 1 aromatic rings. The van der Waals surface area contributed by atoms with E-state index in [9.17, 15) is 9.59 Å². The molecule has 2 amide bonds. The second kappa shape index (κ2) is 11.4. The van der Waals surface area contributed by atoms with E-state index < -0.39 is 0 Å². The molecule has 0 aromatic carbocycles. The molecule has 158 valence electrons. The summed E-state index contributed by atoms with van der Waals surface area (Å²) in [6, 6.07) is 1.75. The number of aromatic nitrogens is 2. The number of rotatable bonds is 2. The Labute approximate surface area is 178 Å². The van der Waals surface area contributed by atoms with Crippen molar-refractivity contribution in [2.75, 3.05) is 44.2 Å². The number of amides is 2. The smallest absolute Gasteiger partial charge is 0.227 e. The second-order valence-electron chi connectivity index (χ2n) is 7.17. The van der Waals surface area contributed by atoms with Crippen LogP contribution >= 0.6 is 24.8 Å². The van der Waals surface area contributed by atoms with Crippen LogP contribution in [0.4, 0.5) is 5.95 Å². The molecule has 2 fully saturated rings. The van der Waals surface area contributed by atoms with Crippen molar-refractivity contribution in [3.05, 3.63) is 18.5 Å². The van der Waals surface area contributed by atoms with Crippen molar-refractivity contribution in [1.29, 1.82) is 0 Å². The molecule has 0 aliphatic carbocycles. The van der Waals surface area contributed by atoms with Gasteiger partial charge in [-0.25, -0.2) is 9.97 Å². The van der Waals surface area contributed by atoms with Crippen LogP contribution in [-0.4, -0.2) is 76.9 Å². The summed E-state index contributed by atoms with van der Waals surface area (Å²) in [4.78, 5) is 39.3. The molecule has 3 rings (SSSR count). The molecule has 2 N–H and O–H groups in total. The van der Waals surface area contributed by atoms with Crippen molar-refractivity contribution in [2.24, 2.45) is 11.7 Å². The summed E-state index contributed by atoms with van der Waals surface area (Å²) >= 11 is 0. The van der Waals surface area contributed by atoms with Crippen LogP contribution in [0.5, 0.6) is 0 Å². The lowest BCUT2D eigenvalue weighted by Gasteiger charge is -2.28. The van der Waals surface area contributed by atoms with Gasteiger partial charge in [-0.2, -0.15) is 0 Å². The molecule has 28 heavy (non-hydrogen) atoms. The largest absolute Gasteiger partial charge is 0.341 e. The average Bonchev–Trinajstić information content (AvgIpc) is 3.00. The first-order chi connectivity index (χ1) is 12.5. The van der Waals surface area contributed by atoms with Crippen LogP contribution in [0, 0.1) is 5.92 Å². The van der Waals surface area contributed by atoms with Gasteiger partial charge in [-0.3, -0.25) is 9.59 Å². The Morgan fingerprint density at radius 2 is 1.71 bits per heavy atom. The summed E-state index contributed by atoms with van der Waals surface area (Å²) in [7, 11) is 0. The van der Waals surface area contributed by atoms with Crippen molar-refractivity contribution in [3.63, 3.8) is 0 Å². The quantitative estimate of drug-likeness (QED) is 0.746. The van der Waals surface area contributed by atoms with Gasteiger partial charge in [0.15, 0.2) is 0 Å². The predicted molar refractivity (Wildman–Crippen MR) is 113 cm³/mol.